The fourth-order valence-electron chi connectivity index (χ4n) is 1.23. The average molecular weight is 240 g/mol. The van der Waals surface area contributed by atoms with Crippen molar-refractivity contribution in [3.63, 3.8) is 0 Å². The highest BCUT2D eigenvalue weighted by molar-refractivity contribution is 9.10. The smallest absolute Gasteiger partial charge is 0.123 e. The van der Waals surface area contributed by atoms with E-state index < -0.39 is 0 Å². The number of H-pyrrole nitrogens is 1. The molecule has 1 heterocycles. The summed E-state index contributed by atoms with van der Waals surface area (Å²) in [6.45, 7) is 1.91. The van der Waals surface area contributed by atoms with E-state index in [-0.39, 0.29) is 6.04 Å². The van der Waals surface area contributed by atoms with Crippen LogP contribution in [-0.4, -0.2) is 9.97 Å². The number of nitrogens with zero attached hydrogens (tertiary/aromatic N) is 1. The fourth-order valence-corrected chi connectivity index (χ4v) is 1.69. The predicted molar refractivity (Wildman–Crippen MR) is 56.4 cm³/mol. The van der Waals surface area contributed by atoms with E-state index >= 15 is 0 Å². The lowest BCUT2D eigenvalue weighted by Gasteiger charge is -1.96. The van der Waals surface area contributed by atoms with Crippen molar-refractivity contribution < 1.29 is 0 Å². The van der Waals surface area contributed by atoms with E-state index in [4.69, 9.17) is 5.73 Å². The van der Waals surface area contributed by atoms with Gasteiger partial charge in [-0.3, -0.25) is 0 Å². The van der Waals surface area contributed by atoms with Crippen molar-refractivity contribution in [1.29, 1.82) is 0 Å². The third kappa shape index (κ3) is 1.47. The topological polar surface area (TPSA) is 54.7 Å². The number of fused-ring (bicyclic) bond motifs is 1. The second-order valence-electron chi connectivity index (χ2n) is 3.05. The fraction of sp³-hybridized carbons (Fsp3) is 0.222. The molecule has 2 rings (SSSR count). The number of nitrogens with one attached hydrogen (secondary N) is 1. The molecule has 1 atom stereocenters. The lowest BCUT2D eigenvalue weighted by atomic mass is 10.3. The number of benzene rings is 1. The largest absolute Gasteiger partial charge is 0.341 e. The molecule has 0 aliphatic heterocycles. The van der Waals surface area contributed by atoms with Crippen molar-refractivity contribution in [2.45, 2.75) is 13.0 Å². The summed E-state index contributed by atoms with van der Waals surface area (Å²) in [5.41, 5.74) is 7.67. The average Bonchev–Trinajstić information content (AvgIpc) is 2.49. The molecule has 3 nitrogen and oxygen atoms in total. The molecule has 0 aliphatic carbocycles. The van der Waals surface area contributed by atoms with Gasteiger partial charge in [0.1, 0.15) is 11.3 Å². The lowest BCUT2D eigenvalue weighted by Crippen LogP contribution is -2.06. The van der Waals surface area contributed by atoms with Crippen molar-refractivity contribution in [3.05, 3.63) is 28.5 Å². The molecule has 1 aromatic carbocycles. The van der Waals surface area contributed by atoms with E-state index in [9.17, 15) is 0 Å². The van der Waals surface area contributed by atoms with Gasteiger partial charge in [0.25, 0.3) is 0 Å². The van der Waals surface area contributed by atoms with Crippen molar-refractivity contribution in [2.24, 2.45) is 5.73 Å². The normalized spacial score (nSPS) is 13.5. The highest BCUT2D eigenvalue weighted by atomic mass is 79.9. The summed E-state index contributed by atoms with van der Waals surface area (Å²) in [6.07, 6.45) is 0. The molecule has 0 saturated heterocycles. The van der Waals surface area contributed by atoms with Crippen LogP contribution >= 0.6 is 15.9 Å². The first-order chi connectivity index (χ1) is 6.18. The molecule has 0 bridgehead atoms. The van der Waals surface area contributed by atoms with E-state index in [2.05, 4.69) is 25.9 Å². The van der Waals surface area contributed by atoms with Crippen molar-refractivity contribution in [1.82, 2.24) is 9.97 Å². The SMILES string of the molecule is CC(N)c1nc2c(Br)cccc2[nH]1. The van der Waals surface area contributed by atoms with Crippen LogP contribution in [0.1, 0.15) is 18.8 Å². The van der Waals surface area contributed by atoms with Gasteiger partial charge in [0.2, 0.25) is 0 Å². The summed E-state index contributed by atoms with van der Waals surface area (Å²) in [5, 5.41) is 0. The number of rotatable bonds is 1. The van der Waals surface area contributed by atoms with E-state index in [1.807, 2.05) is 25.1 Å². The zero-order valence-electron chi connectivity index (χ0n) is 7.21. The monoisotopic (exact) mass is 239 g/mol. The first kappa shape index (κ1) is 8.72. The van der Waals surface area contributed by atoms with Crippen LogP contribution in [0.25, 0.3) is 11.0 Å². The van der Waals surface area contributed by atoms with Gasteiger partial charge in [0, 0.05) is 4.47 Å². The lowest BCUT2D eigenvalue weighted by molar-refractivity contribution is 0.760. The number of halogens is 1. The van der Waals surface area contributed by atoms with Crippen LogP contribution in [0.3, 0.4) is 0 Å². The first-order valence-electron chi connectivity index (χ1n) is 4.08. The van der Waals surface area contributed by atoms with Gasteiger partial charge in [0.05, 0.1) is 11.6 Å². The minimum absolute atomic E-state index is 0.0562. The Morgan fingerprint density at radius 1 is 1.54 bits per heavy atom. The molecule has 0 saturated carbocycles. The molecule has 0 fully saturated rings. The summed E-state index contributed by atoms with van der Waals surface area (Å²) >= 11 is 3.44. The van der Waals surface area contributed by atoms with Gasteiger partial charge in [-0.15, -0.1) is 0 Å². The van der Waals surface area contributed by atoms with Crippen LogP contribution in [0, 0.1) is 0 Å². The molecule has 0 aliphatic rings. The maximum atomic E-state index is 5.72. The van der Waals surface area contributed by atoms with Crippen LogP contribution in [0.4, 0.5) is 0 Å². The maximum absolute atomic E-state index is 5.72. The van der Waals surface area contributed by atoms with Crippen LogP contribution in [0.2, 0.25) is 0 Å². The summed E-state index contributed by atoms with van der Waals surface area (Å²) in [5.74, 6) is 0.821. The Labute approximate surface area is 84.5 Å². The van der Waals surface area contributed by atoms with Gasteiger partial charge >= 0.3 is 0 Å². The second kappa shape index (κ2) is 3.12. The highest BCUT2D eigenvalue weighted by Gasteiger charge is 2.07. The Kier molecular flexibility index (Phi) is 2.09. The minimum atomic E-state index is -0.0562. The van der Waals surface area contributed by atoms with Crippen molar-refractivity contribution in [3.8, 4) is 0 Å². The van der Waals surface area contributed by atoms with Crippen molar-refractivity contribution >= 4 is 27.0 Å². The van der Waals surface area contributed by atoms with Gasteiger partial charge in [-0.2, -0.15) is 0 Å². The standard InChI is InChI=1S/C9H10BrN3/c1-5(11)9-12-7-4-2-3-6(10)8(7)13-9/h2-5H,11H2,1H3,(H,12,13). The van der Waals surface area contributed by atoms with E-state index in [0.717, 1.165) is 21.3 Å². The number of imidazole rings is 1. The summed E-state index contributed by atoms with van der Waals surface area (Å²) in [4.78, 5) is 7.55. The van der Waals surface area contributed by atoms with E-state index in [1.165, 1.54) is 0 Å². The molecule has 0 spiro atoms. The summed E-state index contributed by atoms with van der Waals surface area (Å²) in [7, 11) is 0. The summed E-state index contributed by atoms with van der Waals surface area (Å²) in [6, 6.07) is 5.86. The van der Waals surface area contributed by atoms with E-state index in [0.29, 0.717) is 0 Å². The third-order valence-corrected chi connectivity index (χ3v) is 2.55. The van der Waals surface area contributed by atoms with Crippen LogP contribution in [-0.2, 0) is 0 Å². The molecule has 4 heteroatoms. The Morgan fingerprint density at radius 3 is 2.92 bits per heavy atom. The molecule has 0 radical (unpaired) electrons. The van der Waals surface area contributed by atoms with Crippen LogP contribution in [0.5, 0.6) is 0 Å². The number of hydrogen-bond donors (Lipinski definition) is 2. The van der Waals surface area contributed by atoms with Crippen LogP contribution in [0.15, 0.2) is 22.7 Å². The molecule has 2 aromatic rings. The molecule has 1 aromatic heterocycles. The zero-order chi connectivity index (χ0) is 9.42. The minimum Gasteiger partial charge on any atom is -0.341 e. The second-order valence-corrected chi connectivity index (χ2v) is 3.90. The predicted octanol–water partition coefficient (Wildman–Crippen LogP) is 2.35. The molecular weight excluding hydrogens is 230 g/mol. The van der Waals surface area contributed by atoms with Gasteiger partial charge in [-0.1, -0.05) is 6.07 Å². The first-order valence-corrected chi connectivity index (χ1v) is 4.87. The van der Waals surface area contributed by atoms with Gasteiger partial charge in [-0.05, 0) is 35.0 Å². The molecular formula is C9H10BrN3. The zero-order valence-corrected chi connectivity index (χ0v) is 8.80. The molecule has 1 unspecified atom stereocenters. The molecule has 0 amide bonds. The van der Waals surface area contributed by atoms with Gasteiger partial charge < -0.3 is 10.7 Å². The molecule has 3 N–H and O–H groups in total. The molecule has 13 heavy (non-hydrogen) atoms. The van der Waals surface area contributed by atoms with E-state index in [1.54, 1.807) is 0 Å². The number of aromatic amines is 1. The Hall–Kier alpha value is -0.870. The third-order valence-electron chi connectivity index (χ3n) is 1.91. The number of aromatic nitrogens is 2. The van der Waals surface area contributed by atoms with Crippen molar-refractivity contribution in [2.75, 3.05) is 0 Å². The Morgan fingerprint density at radius 2 is 2.31 bits per heavy atom. The summed E-state index contributed by atoms with van der Waals surface area (Å²) < 4.78 is 0.994. The Bertz CT molecular complexity index is 433. The number of para-hydroxylation sites is 1. The molecule has 68 valence electrons. The maximum Gasteiger partial charge on any atom is 0.123 e. The highest BCUT2D eigenvalue weighted by Crippen LogP contribution is 2.22. The quantitative estimate of drug-likeness (QED) is 0.803. The number of nitrogens with two attached hydrogens (primary N) is 1. The Balaban J connectivity index is 2.68. The number of hydrogen-bond acceptors (Lipinski definition) is 2. The van der Waals surface area contributed by atoms with Crippen LogP contribution < -0.4 is 5.73 Å². The van der Waals surface area contributed by atoms with Gasteiger partial charge in [0.15, 0.2) is 0 Å². The van der Waals surface area contributed by atoms with Gasteiger partial charge in [-0.25, -0.2) is 4.98 Å².